The SMILES string of the molecule is COc1ccc(C(Nc2ccc(Cl)cc2)C(N)=O)cc1Br. The van der Waals surface area contributed by atoms with Gasteiger partial charge in [-0.3, -0.25) is 4.79 Å². The summed E-state index contributed by atoms with van der Waals surface area (Å²) in [5.41, 5.74) is 6.99. The first kappa shape index (κ1) is 15.7. The molecule has 0 saturated carbocycles. The van der Waals surface area contributed by atoms with E-state index in [0.29, 0.717) is 10.8 Å². The zero-order valence-electron chi connectivity index (χ0n) is 11.3. The van der Waals surface area contributed by atoms with Gasteiger partial charge in [0, 0.05) is 10.7 Å². The molecule has 4 nitrogen and oxygen atoms in total. The lowest BCUT2D eigenvalue weighted by atomic mass is 10.1. The molecule has 2 aromatic carbocycles. The van der Waals surface area contributed by atoms with E-state index in [1.165, 1.54) is 0 Å². The molecule has 0 aliphatic carbocycles. The number of amides is 1. The summed E-state index contributed by atoms with van der Waals surface area (Å²) in [7, 11) is 1.58. The quantitative estimate of drug-likeness (QED) is 0.843. The lowest BCUT2D eigenvalue weighted by molar-refractivity contribution is -0.118. The standard InChI is InChI=1S/C15H14BrClN2O2/c1-21-13-7-2-9(8-12(13)16)14(15(18)20)19-11-5-3-10(17)4-6-11/h2-8,14,19H,1H3,(H2,18,20). The summed E-state index contributed by atoms with van der Waals surface area (Å²) in [6.45, 7) is 0. The highest BCUT2D eigenvalue weighted by Crippen LogP contribution is 2.29. The van der Waals surface area contributed by atoms with Crippen LogP contribution in [-0.4, -0.2) is 13.0 Å². The first-order valence-corrected chi connectivity index (χ1v) is 7.33. The number of anilines is 1. The Morgan fingerprint density at radius 3 is 2.48 bits per heavy atom. The molecule has 2 aromatic rings. The van der Waals surface area contributed by atoms with Gasteiger partial charge >= 0.3 is 0 Å². The maximum absolute atomic E-state index is 11.7. The van der Waals surface area contributed by atoms with Crippen molar-refractivity contribution in [1.29, 1.82) is 0 Å². The van der Waals surface area contributed by atoms with Crippen LogP contribution in [0.15, 0.2) is 46.9 Å². The molecule has 110 valence electrons. The average molecular weight is 370 g/mol. The molecule has 1 atom stereocenters. The highest BCUT2D eigenvalue weighted by molar-refractivity contribution is 9.10. The number of primary amides is 1. The number of nitrogens with one attached hydrogen (secondary N) is 1. The van der Waals surface area contributed by atoms with Gasteiger partial charge in [-0.25, -0.2) is 0 Å². The maximum Gasteiger partial charge on any atom is 0.244 e. The van der Waals surface area contributed by atoms with E-state index in [-0.39, 0.29) is 0 Å². The van der Waals surface area contributed by atoms with E-state index < -0.39 is 11.9 Å². The fraction of sp³-hybridized carbons (Fsp3) is 0.133. The second kappa shape index (κ2) is 6.83. The average Bonchev–Trinajstić information content (AvgIpc) is 2.46. The van der Waals surface area contributed by atoms with Crippen LogP contribution in [0.5, 0.6) is 5.75 Å². The highest BCUT2D eigenvalue weighted by Gasteiger charge is 2.18. The van der Waals surface area contributed by atoms with Crippen molar-refractivity contribution in [3.05, 3.63) is 57.5 Å². The van der Waals surface area contributed by atoms with E-state index in [9.17, 15) is 4.79 Å². The van der Waals surface area contributed by atoms with Crippen LogP contribution in [0.4, 0.5) is 5.69 Å². The van der Waals surface area contributed by atoms with Crippen LogP contribution in [0.3, 0.4) is 0 Å². The minimum Gasteiger partial charge on any atom is -0.496 e. The van der Waals surface area contributed by atoms with Crippen LogP contribution in [0, 0.1) is 0 Å². The molecule has 21 heavy (non-hydrogen) atoms. The minimum atomic E-state index is -0.645. The Morgan fingerprint density at radius 2 is 1.95 bits per heavy atom. The fourth-order valence-electron chi connectivity index (χ4n) is 1.89. The van der Waals surface area contributed by atoms with Gasteiger partial charge in [-0.15, -0.1) is 0 Å². The van der Waals surface area contributed by atoms with Crippen LogP contribution < -0.4 is 15.8 Å². The Morgan fingerprint density at radius 1 is 1.29 bits per heavy atom. The Kier molecular flexibility index (Phi) is 5.09. The smallest absolute Gasteiger partial charge is 0.244 e. The van der Waals surface area contributed by atoms with Gasteiger partial charge in [0.1, 0.15) is 11.8 Å². The third kappa shape index (κ3) is 3.89. The fourth-order valence-corrected chi connectivity index (χ4v) is 2.58. The van der Waals surface area contributed by atoms with Crippen LogP contribution in [0.2, 0.25) is 5.02 Å². The summed E-state index contributed by atoms with van der Waals surface area (Å²) < 4.78 is 5.93. The molecule has 3 N–H and O–H groups in total. The van der Waals surface area contributed by atoms with Crippen molar-refractivity contribution >= 4 is 39.1 Å². The Bertz CT molecular complexity index is 647. The second-order valence-corrected chi connectivity index (χ2v) is 5.67. The molecule has 2 rings (SSSR count). The van der Waals surface area contributed by atoms with Crippen molar-refractivity contribution < 1.29 is 9.53 Å². The van der Waals surface area contributed by atoms with Gasteiger partial charge in [-0.2, -0.15) is 0 Å². The van der Waals surface area contributed by atoms with E-state index >= 15 is 0 Å². The van der Waals surface area contributed by atoms with Gasteiger partial charge in [0.25, 0.3) is 0 Å². The highest BCUT2D eigenvalue weighted by atomic mass is 79.9. The Labute approximate surface area is 136 Å². The molecule has 1 unspecified atom stereocenters. The number of hydrogen-bond acceptors (Lipinski definition) is 3. The molecule has 1 amide bonds. The Balaban J connectivity index is 2.28. The maximum atomic E-state index is 11.7. The van der Waals surface area contributed by atoms with Gasteiger partial charge in [-0.05, 0) is 57.9 Å². The molecule has 0 fully saturated rings. The van der Waals surface area contributed by atoms with Gasteiger partial charge in [0.2, 0.25) is 5.91 Å². The third-order valence-corrected chi connectivity index (χ3v) is 3.82. The second-order valence-electron chi connectivity index (χ2n) is 4.38. The molecule has 0 aliphatic heterocycles. The van der Waals surface area contributed by atoms with Crippen molar-refractivity contribution in [2.75, 3.05) is 12.4 Å². The summed E-state index contributed by atoms with van der Waals surface area (Å²) in [6, 6.07) is 11.8. The van der Waals surface area contributed by atoms with Crippen molar-refractivity contribution in [2.24, 2.45) is 5.73 Å². The number of carbonyl (C=O) groups excluding carboxylic acids is 1. The lowest BCUT2D eigenvalue weighted by Crippen LogP contribution is -2.27. The molecule has 6 heteroatoms. The first-order valence-electron chi connectivity index (χ1n) is 6.16. The van der Waals surface area contributed by atoms with Gasteiger partial charge in [0.15, 0.2) is 0 Å². The topological polar surface area (TPSA) is 64.3 Å². The number of methoxy groups -OCH3 is 1. The number of halogens is 2. The summed E-state index contributed by atoms with van der Waals surface area (Å²) in [6.07, 6.45) is 0. The number of benzene rings is 2. The van der Waals surface area contributed by atoms with Crippen LogP contribution in [-0.2, 0) is 4.79 Å². The van der Waals surface area contributed by atoms with E-state index in [4.69, 9.17) is 22.1 Å². The molecule has 0 heterocycles. The molecule has 0 bridgehead atoms. The van der Waals surface area contributed by atoms with Crippen molar-refractivity contribution in [2.45, 2.75) is 6.04 Å². The number of ether oxygens (including phenoxy) is 1. The number of nitrogens with two attached hydrogens (primary N) is 1. The lowest BCUT2D eigenvalue weighted by Gasteiger charge is -2.18. The van der Waals surface area contributed by atoms with Crippen molar-refractivity contribution in [3.8, 4) is 5.75 Å². The van der Waals surface area contributed by atoms with Gasteiger partial charge < -0.3 is 15.8 Å². The number of hydrogen-bond donors (Lipinski definition) is 2. The van der Waals surface area contributed by atoms with Gasteiger partial charge in [0.05, 0.1) is 11.6 Å². The van der Waals surface area contributed by atoms with E-state index in [0.717, 1.165) is 15.7 Å². The third-order valence-electron chi connectivity index (χ3n) is 2.95. The summed E-state index contributed by atoms with van der Waals surface area (Å²) in [5, 5.41) is 3.72. The van der Waals surface area contributed by atoms with Crippen molar-refractivity contribution in [3.63, 3.8) is 0 Å². The summed E-state index contributed by atoms with van der Waals surface area (Å²) in [5.74, 6) is 0.218. The van der Waals surface area contributed by atoms with Crippen LogP contribution >= 0.6 is 27.5 Å². The molecular weight excluding hydrogens is 356 g/mol. The summed E-state index contributed by atoms with van der Waals surface area (Å²) in [4.78, 5) is 11.7. The monoisotopic (exact) mass is 368 g/mol. The van der Waals surface area contributed by atoms with E-state index in [1.54, 1.807) is 49.6 Å². The van der Waals surface area contributed by atoms with E-state index in [2.05, 4.69) is 21.2 Å². The first-order chi connectivity index (χ1) is 10.0. The predicted octanol–water partition coefficient (Wildman–Crippen LogP) is 3.75. The molecule has 0 saturated heterocycles. The number of carbonyl (C=O) groups is 1. The molecule has 0 radical (unpaired) electrons. The van der Waals surface area contributed by atoms with E-state index in [1.807, 2.05) is 0 Å². The van der Waals surface area contributed by atoms with Gasteiger partial charge in [-0.1, -0.05) is 17.7 Å². The normalized spacial score (nSPS) is 11.8. The van der Waals surface area contributed by atoms with Crippen molar-refractivity contribution in [1.82, 2.24) is 0 Å². The zero-order valence-corrected chi connectivity index (χ0v) is 13.6. The molecule has 0 aliphatic rings. The predicted molar refractivity (Wildman–Crippen MR) is 87.7 cm³/mol. The largest absolute Gasteiger partial charge is 0.496 e. The van der Waals surface area contributed by atoms with Crippen LogP contribution in [0.1, 0.15) is 11.6 Å². The molecule has 0 aromatic heterocycles. The minimum absolute atomic E-state index is 0.470. The molecular formula is C15H14BrClN2O2. The molecule has 0 spiro atoms. The zero-order chi connectivity index (χ0) is 15.4. The summed E-state index contributed by atoms with van der Waals surface area (Å²) >= 11 is 9.24. The Hall–Kier alpha value is -1.72. The number of rotatable bonds is 5. The van der Waals surface area contributed by atoms with Crippen LogP contribution in [0.25, 0.3) is 0 Å².